The highest BCUT2D eigenvalue weighted by molar-refractivity contribution is 6.09. The first-order valence-corrected chi connectivity index (χ1v) is 8.47. The van der Waals surface area contributed by atoms with Crippen LogP contribution in [0.4, 0.5) is 5.69 Å². The Hall–Kier alpha value is -3.67. The molecule has 1 aliphatic heterocycles. The molecule has 134 valence electrons. The summed E-state index contributed by atoms with van der Waals surface area (Å²) in [6.45, 7) is 0.221. The fourth-order valence-electron chi connectivity index (χ4n) is 2.88. The highest BCUT2D eigenvalue weighted by Gasteiger charge is 2.18. The van der Waals surface area contributed by atoms with Crippen LogP contribution in [0.3, 0.4) is 0 Å². The van der Waals surface area contributed by atoms with Gasteiger partial charge in [0.2, 0.25) is 5.78 Å². The molecule has 0 radical (unpaired) electrons. The number of carbonyl (C=O) groups excluding carboxylic acids is 2. The third-order valence-corrected chi connectivity index (χ3v) is 4.35. The summed E-state index contributed by atoms with van der Waals surface area (Å²) in [5, 5.41) is 2.84. The zero-order valence-electron chi connectivity index (χ0n) is 14.7. The summed E-state index contributed by atoms with van der Waals surface area (Å²) in [6.07, 6.45) is 5.13. The number of nitrogens with one attached hydrogen (secondary N) is 1. The normalized spacial score (nSPS) is 12.6. The highest BCUT2D eigenvalue weighted by Crippen LogP contribution is 2.26. The first kappa shape index (κ1) is 16.8. The SMILES string of the molecule is Cn1ccnc1C(=O)c1ccc(NC(=O)C2=Cc3ccccc3OC2)cc1. The van der Waals surface area contributed by atoms with Crippen LogP contribution in [0.25, 0.3) is 6.08 Å². The minimum Gasteiger partial charge on any atom is -0.488 e. The molecule has 1 aliphatic rings. The number of nitrogens with zero attached hydrogens (tertiary/aromatic N) is 2. The summed E-state index contributed by atoms with van der Waals surface area (Å²) in [4.78, 5) is 29.0. The first-order chi connectivity index (χ1) is 13.1. The van der Waals surface area contributed by atoms with E-state index in [1.807, 2.05) is 30.3 Å². The molecule has 0 bridgehead atoms. The number of carbonyl (C=O) groups is 2. The van der Waals surface area contributed by atoms with Crippen molar-refractivity contribution in [3.05, 3.63) is 83.4 Å². The Kier molecular flexibility index (Phi) is 4.30. The molecule has 0 spiro atoms. The Morgan fingerprint density at radius 1 is 1.11 bits per heavy atom. The molecule has 0 fully saturated rings. The van der Waals surface area contributed by atoms with Gasteiger partial charge in [0.05, 0.1) is 5.57 Å². The number of rotatable bonds is 4. The summed E-state index contributed by atoms with van der Waals surface area (Å²) in [5.74, 6) is 0.745. The van der Waals surface area contributed by atoms with Gasteiger partial charge in [0.15, 0.2) is 5.82 Å². The van der Waals surface area contributed by atoms with Crippen molar-refractivity contribution in [2.75, 3.05) is 11.9 Å². The minimum atomic E-state index is -0.229. The molecule has 6 nitrogen and oxygen atoms in total. The van der Waals surface area contributed by atoms with Crippen LogP contribution in [0.15, 0.2) is 66.5 Å². The standard InChI is InChI=1S/C21H17N3O3/c1-24-11-10-22-20(24)19(25)14-6-8-17(9-7-14)23-21(26)16-12-15-4-2-3-5-18(15)27-13-16/h2-12H,13H2,1H3,(H,23,26). The van der Waals surface area contributed by atoms with Gasteiger partial charge in [-0.2, -0.15) is 0 Å². The predicted molar refractivity (Wildman–Crippen MR) is 102 cm³/mol. The number of ketones is 1. The Morgan fingerprint density at radius 2 is 1.89 bits per heavy atom. The maximum Gasteiger partial charge on any atom is 0.255 e. The molecule has 0 atom stereocenters. The second-order valence-corrected chi connectivity index (χ2v) is 6.22. The number of hydrogen-bond acceptors (Lipinski definition) is 4. The van der Waals surface area contributed by atoms with Crippen LogP contribution in [0.2, 0.25) is 0 Å². The molecule has 1 amide bonds. The lowest BCUT2D eigenvalue weighted by atomic mass is 10.1. The molecular formula is C21H17N3O3. The van der Waals surface area contributed by atoms with Crippen LogP contribution in [-0.4, -0.2) is 27.8 Å². The lowest BCUT2D eigenvalue weighted by Gasteiger charge is -2.17. The van der Waals surface area contributed by atoms with Crippen LogP contribution >= 0.6 is 0 Å². The van der Waals surface area contributed by atoms with E-state index in [1.54, 1.807) is 48.3 Å². The number of anilines is 1. The molecule has 0 unspecified atom stereocenters. The van der Waals surface area contributed by atoms with Crippen LogP contribution in [0.1, 0.15) is 21.7 Å². The van der Waals surface area contributed by atoms with Crippen molar-refractivity contribution in [3.8, 4) is 5.75 Å². The lowest BCUT2D eigenvalue weighted by Crippen LogP contribution is -2.21. The van der Waals surface area contributed by atoms with E-state index in [4.69, 9.17) is 4.74 Å². The summed E-state index contributed by atoms with van der Waals surface area (Å²) in [6, 6.07) is 14.3. The largest absolute Gasteiger partial charge is 0.488 e. The maximum atomic E-state index is 12.5. The molecule has 27 heavy (non-hydrogen) atoms. The zero-order chi connectivity index (χ0) is 18.8. The second kappa shape index (κ2) is 6.92. The van der Waals surface area contributed by atoms with E-state index in [2.05, 4.69) is 10.3 Å². The summed E-state index contributed by atoms with van der Waals surface area (Å²) in [7, 11) is 1.77. The lowest BCUT2D eigenvalue weighted by molar-refractivity contribution is -0.113. The van der Waals surface area contributed by atoms with Crippen molar-refractivity contribution in [2.24, 2.45) is 7.05 Å². The average molecular weight is 359 g/mol. The molecule has 4 rings (SSSR count). The van der Waals surface area contributed by atoms with Gasteiger partial charge in [-0.05, 0) is 36.4 Å². The van der Waals surface area contributed by atoms with Gasteiger partial charge in [-0.25, -0.2) is 4.98 Å². The van der Waals surface area contributed by atoms with Crippen LogP contribution in [-0.2, 0) is 11.8 Å². The van der Waals surface area contributed by atoms with Gasteiger partial charge in [-0.3, -0.25) is 9.59 Å². The van der Waals surface area contributed by atoms with Crippen LogP contribution in [0, 0.1) is 0 Å². The number of para-hydroxylation sites is 1. The van der Waals surface area contributed by atoms with Gasteiger partial charge in [0.25, 0.3) is 5.91 Å². The van der Waals surface area contributed by atoms with Gasteiger partial charge in [-0.1, -0.05) is 18.2 Å². The van der Waals surface area contributed by atoms with Gasteiger partial charge >= 0.3 is 0 Å². The van der Waals surface area contributed by atoms with E-state index in [1.165, 1.54) is 0 Å². The number of amides is 1. The third-order valence-electron chi connectivity index (χ3n) is 4.35. The number of ether oxygens (including phenoxy) is 1. The Labute approximate surface area is 156 Å². The maximum absolute atomic E-state index is 12.5. The third kappa shape index (κ3) is 3.37. The van der Waals surface area contributed by atoms with E-state index in [-0.39, 0.29) is 18.3 Å². The van der Waals surface area contributed by atoms with Crippen molar-refractivity contribution in [2.45, 2.75) is 0 Å². The molecule has 0 aliphatic carbocycles. The van der Waals surface area contributed by atoms with Crippen LogP contribution < -0.4 is 10.1 Å². The fraction of sp³-hybridized carbons (Fsp3) is 0.0952. The summed E-state index contributed by atoms with van der Waals surface area (Å²) >= 11 is 0. The molecule has 2 aromatic carbocycles. The Bertz CT molecular complexity index is 1050. The summed E-state index contributed by atoms with van der Waals surface area (Å²) < 4.78 is 7.29. The Balaban J connectivity index is 1.48. The molecule has 1 aromatic heterocycles. The first-order valence-electron chi connectivity index (χ1n) is 8.47. The summed E-state index contributed by atoms with van der Waals surface area (Å²) in [5.41, 5.74) is 2.54. The molecule has 0 saturated heterocycles. The number of imidazole rings is 1. The van der Waals surface area contributed by atoms with Crippen LogP contribution in [0.5, 0.6) is 5.75 Å². The van der Waals surface area contributed by atoms with E-state index in [0.717, 1.165) is 11.3 Å². The number of aromatic nitrogens is 2. The van der Waals surface area contributed by atoms with Crippen molar-refractivity contribution < 1.29 is 14.3 Å². The van der Waals surface area contributed by atoms with E-state index >= 15 is 0 Å². The zero-order valence-corrected chi connectivity index (χ0v) is 14.7. The second-order valence-electron chi connectivity index (χ2n) is 6.22. The molecule has 0 saturated carbocycles. The van der Waals surface area contributed by atoms with Gasteiger partial charge in [0, 0.05) is 36.3 Å². The molecule has 6 heteroatoms. The number of aryl methyl sites for hydroxylation is 1. The molecule has 2 heterocycles. The minimum absolute atomic E-state index is 0.166. The molecule has 1 N–H and O–H groups in total. The predicted octanol–water partition coefficient (Wildman–Crippen LogP) is 3.07. The average Bonchev–Trinajstić information content (AvgIpc) is 3.13. The van der Waals surface area contributed by atoms with E-state index in [0.29, 0.717) is 22.6 Å². The molecule has 3 aromatic rings. The van der Waals surface area contributed by atoms with Crippen molar-refractivity contribution in [1.29, 1.82) is 0 Å². The number of benzene rings is 2. The molecular weight excluding hydrogens is 342 g/mol. The van der Waals surface area contributed by atoms with Gasteiger partial charge < -0.3 is 14.6 Å². The van der Waals surface area contributed by atoms with Crippen molar-refractivity contribution in [1.82, 2.24) is 9.55 Å². The van der Waals surface area contributed by atoms with E-state index in [9.17, 15) is 9.59 Å². The number of hydrogen-bond donors (Lipinski definition) is 1. The van der Waals surface area contributed by atoms with Gasteiger partial charge in [0.1, 0.15) is 12.4 Å². The van der Waals surface area contributed by atoms with Gasteiger partial charge in [-0.15, -0.1) is 0 Å². The monoisotopic (exact) mass is 359 g/mol. The fourth-order valence-corrected chi connectivity index (χ4v) is 2.88. The van der Waals surface area contributed by atoms with Crippen molar-refractivity contribution in [3.63, 3.8) is 0 Å². The number of fused-ring (bicyclic) bond motifs is 1. The topological polar surface area (TPSA) is 73.2 Å². The Morgan fingerprint density at radius 3 is 2.63 bits per heavy atom. The van der Waals surface area contributed by atoms with Crippen molar-refractivity contribution >= 4 is 23.5 Å². The smallest absolute Gasteiger partial charge is 0.255 e. The quantitative estimate of drug-likeness (QED) is 0.727. The van der Waals surface area contributed by atoms with E-state index < -0.39 is 0 Å². The highest BCUT2D eigenvalue weighted by atomic mass is 16.5.